The number of halogens is 1. The van der Waals surface area contributed by atoms with Gasteiger partial charge in [-0.25, -0.2) is 8.42 Å². The van der Waals surface area contributed by atoms with Crippen LogP contribution in [0.15, 0.2) is 48.5 Å². The highest BCUT2D eigenvalue weighted by atomic mass is 35.5. The quantitative estimate of drug-likeness (QED) is 0.671. The Morgan fingerprint density at radius 3 is 2.34 bits per heavy atom. The topological polar surface area (TPSA) is 66.5 Å². The Hall–Kier alpha value is -2.05. The fourth-order valence-electron chi connectivity index (χ4n) is 3.41. The molecule has 0 spiro atoms. The van der Waals surface area contributed by atoms with E-state index < -0.39 is 10.0 Å². The van der Waals surface area contributed by atoms with Gasteiger partial charge in [-0.3, -0.25) is 9.10 Å². The van der Waals surface area contributed by atoms with Gasteiger partial charge in [-0.2, -0.15) is 0 Å². The third kappa shape index (κ3) is 6.47. The predicted octanol–water partition coefficient (Wildman–Crippen LogP) is 4.29. The summed E-state index contributed by atoms with van der Waals surface area (Å²) in [5.41, 5.74) is 2.27. The molecule has 7 heteroatoms. The van der Waals surface area contributed by atoms with Crippen molar-refractivity contribution < 1.29 is 13.2 Å². The number of nitrogens with zero attached hydrogens (tertiary/aromatic N) is 1. The van der Waals surface area contributed by atoms with E-state index in [9.17, 15) is 13.2 Å². The fraction of sp³-hybridized carbons (Fsp3) is 0.409. The van der Waals surface area contributed by atoms with E-state index in [0.717, 1.165) is 22.5 Å². The molecule has 2 rings (SSSR count). The van der Waals surface area contributed by atoms with Gasteiger partial charge in [0, 0.05) is 11.1 Å². The lowest BCUT2D eigenvalue weighted by Crippen LogP contribution is -2.44. The number of anilines is 1. The van der Waals surface area contributed by atoms with E-state index in [4.69, 9.17) is 11.6 Å². The van der Waals surface area contributed by atoms with Gasteiger partial charge < -0.3 is 5.32 Å². The summed E-state index contributed by atoms with van der Waals surface area (Å²) in [7, 11) is -3.64. The van der Waals surface area contributed by atoms with Crippen molar-refractivity contribution in [1.29, 1.82) is 0 Å². The standard InChI is InChI=1S/C22H29ClN2O3S/c1-16-11-12-19(13-20(16)23)25(29(5,27)28)15-21(26)24-17(2)14-22(3,4)18-9-7-6-8-10-18/h6-13,17H,14-15H2,1-5H3,(H,24,26). The second-order valence-corrected chi connectivity index (χ2v) is 10.4. The zero-order valence-corrected chi connectivity index (χ0v) is 19.1. The largest absolute Gasteiger partial charge is 0.352 e. The van der Waals surface area contributed by atoms with Crippen LogP contribution in [0.1, 0.15) is 38.3 Å². The van der Waals surface area contributed by atoms with Crippen molar-refractivity contribution in [3.63, 3.8) is 0 Å². The molecule has 0 heterocycles. The lowest BCUT2D eigenvalue weighted by atomic mass is 9.79. The highest BCUT2D eigenvalue weighted by molar-refractivity contribution is 7.92. The van der Waals surface area contributed by atoms with Crippen LogP contribution < -0.4 is 9.62 Å². The molecule has 5 nitrogen and oxygen atoms in total. The average molecular weight is 437 g/mol. The molecule has 0 saturated heterocycles. The number of nitrogens with one attached hydrogen (secondary N) is 1. The smallest absolute Gasteiger partial charge is 0.240 e. The van der Waals surface area contributed by atoms with E-state index in [-0.39, 0.29) is 23.9 Å². The Balaban J connectivity index is 2.09. The molecule has 1 unspecified atom stereocenters. The number of carbonyl (C=O) groups is 1. The monoisotopic (exact) mass is 436 g/mol. The minimum Gasteiger partial charge on any atom is -0.352 e. The van der Waals surface area contributed by atoms with Crippen LogP contribution in [0.4, 0.5) is 5.69 Å². The van der Waals surface area contributed by atoms with Crippen LogP contribution in [0.3, 0.4) is 0 Å². The summed E-state index contributed by atoms with van der Waals surface area (Å²) in [6.07, 6.45) is 1.80. The molecular formula is C22H29ClN2O3S. The molecule has 1 N–H and O–H groups in total. The zero-order chi connectivity index (χ0) is 21.8. The van der Waals surface area contributed by atoms with E-state index >= 15 is 0 Å². The Morgan fingerprint density at radius 1 is 1.17 bits per heavy atom. The molecule has 0 fully saturated rings. The molecule has 29 heavy (non-hydrogen) atoms. The van der Waals surface area contributed by atoms with Crippen molar-refractivity contribution in [2.45, 2.75) is 45.6 Å². The Labute approximate surface area is 179 Å². The summed E-state index contributed by atoms with van der Waals surface area (Å²) < 4.78 is 25.6. The van der Waals surface area contributed by atoms with Crippen LogP contribution in [0.25, 0.3) is 0 Å². The van der Waals surface area contributed by atoms with Crippen molar-refractivity contribution in [3.8, 4) is 0 Å². The minimum absolute atomic E-state index is 0.124. The highest BCUT2D eigenvalue weighted by Gasteiger charge is 2.26. The maximum absolute atomic E-state index is 12.6. The molecule has 158 valence electrons. The lowest BCUT2D eigenvalue weighted by Gasteiger charge is -2.30. The third-order valence-electron chi connectivity index (χ3n) is 4.91. The van der Waals surface area contributed by atoms with Crippen molar-refractivity contribution >= 4 is 33.2 Å². The van der Waals surface area contributed by atoms with Crippen molar-refractivity contribution in [3.05, 3.63) is 64.7 Å². The van der Waals surface area contributed by atoms with Gasteiger partial charge >= 0.3 is 0 Å². The molecule has 2 aromatic carbocycles. The number of carbonyl (C=O) groups excluding carboxylic acids is 1. The number of aryl methyl sites for hydroxylation is 1. The van der Waals surface area contributed by atoms with Gasteiger partial charge in [0.1, 0.15) is 6.54 Å². The first-order chi connectivity index (χ1) is 13.4. The SMILES string of the molecule is Cc1ccc(N(CC(=O)NC(C)CC(C)(C)c2ccccc2)S(C)(=O)=O)cc1Cl. The second kappa shape index (κ2) is 9.18. The molecule has 1 atom stereocenters. The van der Waals surface area contributed by atoms with Gasteiger partial charge in [-0.1, -0.05) is 61.8 Å². The molecule has 0 aliphatic heterocycles. The zero-order valence-electron chi connectivity index (χ0n) is 17.6. The summed E-state index contributed by atoms with van der Waals surface area (Å²) in [5.74, 6) is -0.358. The van der Waals surface area contributed by atoms with E-state index in [0.29, 0.717) is 10.7 Å². The van der Waals surface area contributed by atoms with Gasteiger partial charge in [-0.15, -0.1) is 0 Å². The maximum atomic E-state index is 12.6. The van der Waals surface area contributed by atoms with Crippen molar-refractivity contribution in [1.82, 2.24) is 5.32 Å². The van der Waals surface area contributed by atoms with Crippen LogP contribution >= 0.6 is 11.6 Å². The number of sulfonamides is 1. The van der Waals surface area contributed by atoms with E-state index in [1.807, 2.05) is 32.0 Å². The van der Waals surface area contributed by atoms with Gasteiger partial charge in [0.15, 0.2) is 0 Å². The number of hydrogen-bond acceptors (Lipinski definition) is 3. The fourth-order valence-corrected chi connectivity index (χ4v) is 4.43. The second-order valence-electron chi connectivity index (χ2n) is 8.13. The van der Waals surface area contributed by atoms with E-state index in [1.165, 1.54) is 5.56 Å². The molecule has 0 saturated carbocycles. The van der Waals surface area contributed by atoms with Crippen molar-refractivity contribution in [2.75, 3.05) is 17.1 Å². The summed E-state index contributed by atoms with van der Waals surface area (Å²) in [6.45, 7) is 7.72. The number of amides is 1. The van der Waals surface area contributed by atoms with Gasteiger partial charge in [0.05, 0.1) is 11.9 Å². The van der Waals surface area contributed by atoms with Gasteiger partial charge in [0.25, 0.3) is 0 Å². The molecule has 1 amide bonds. The Morgan fingerprint density at radius 2 is 1.79 bits per heavy atom. The highest BCUT2D eigenvalue weighted by Crippen LogP contribution is 2.28. The Kier molecular flexibility index (Phi) is 7.35. The van der Waals surface area contributed by atoms with Crippen LogP contribution in [0.2, 0.25) is 5.02 Å². The molecule has 0 aliphatic carbocycles. The average Bonchev–Trinajstić information content (AvgIpc) is 2.61. The molecule has 0 aromatic heterocycles. The number of benzene rings is 2. The van der Waals surface area contributed by atoms with E-state index in [1.54, 1.807) is 18.2 Å². The number of hydrogen-bond donors (Lipinski definition) is 1. The van der Waals surface area contributed by atoms with Crippen LogP contribution in [-0.4, -0.2) is 33.2 Å². The summed E-state index contributed by atoms with van der Waals surface area (Å²) in [6, 6.07) is 14.9. The summed E-state index contributed by atoms with van der Waals surface area (Å²) in [5, 5.41) is 3.38. The third-order valence-corrected chi connectivity index (χ3v) is 6.46. The van der Waals surface area contributed by atoms with Gasteiger partial charge in [0.2, 0.25) is 15.9 Å². The molecular weight excluding hydrogens is 408 g/mol. The van der Waals surface area contributed by atoms with Crippen LogP contribution in [0, 0.1) is 6.92 Å². The molecule has 0 aliphatic rings. The first-order valence-electron chi connectivity index (χ1n) is 9.49. The first-order valence-corrected chi connectivity index (χ1v) is 11.7. The Bertz CT molecular complexity index is 959. The van der Waals surface area contributed by atoms with E-state index in [2.05, 4.69) is 31.3 Å². The predicted molar refractivity (Wildman–Crippen MR) is 120 cm³/mol. The van der Waals surface area contributed by atoms with Crippen molar-refractivity contribution in [2.24, 2.45) is 0 Å². The minimum atomic E-state index is -3.64. The summed E-state index contributed by atoms with van der Waals surface area (Å²) in [4.78, 5) is 12.6. The first kappa shape index (κ1) is 23.2. The van der Waals surface area contributed by atoms with Crippen LogP contribution in [0.5, 0.6) is 0 Å². The van der Waals surface area contributed by atoms with Crippen LogP contribution in [-0.2, 0) is 20.2 Å². The lowest BCUT2D eigenvalue weighted by molar-refractivity contribution is -0.120. The van der Waals surface area contributed by atoms with Gasteiger partial charge in [-0.05, 0) is 48.9 Å². The molecule has 0 radical (unpaired) electrons. The molecule has 0 bridgehead atoms. The molecule has 2 aromatic rings. The normalized spacial score (nSPS) is 13.0. The number of rotatable bonds is 8. The summed E-state index contributed by atoms with van der Waals surface area (Å²) >= 11 is 6.14. The maximum Gasteiger partial charge on any atom is 0.240 e.